The van der Waals surface area contributed by atoms with E-state index in [2.05, 4.69) is 10.6 Å². The summed E-state index contributed by atoms with van der Waals surface area (Å²) in [6.07, 6.45) is 0. The van der Waals surface area contributed by atoms with Gasteiger partial charge in [0, 0.05) is 12.3 Å². The predicted octanol–water partition coefficient (Wildman–Crippen LogP) is 4.88. The molecule has 5 heteroatoms. The molecule has 0 saturated carbocycles. The number of carbonyl (C=O) groups is 2. The topological polar surface area (TPSA) is 58.2 Å². The van der Waals surface area contributed by atoms with Crippen LogP contribution < -0.4 is 10.6 Å². The van der Waals surface area contributed by atoms with Crippen molar-refractivity contribution in [3.63, 3.8) is 0 Å². The molecule has 1 unspecified atom stereocenters. The second kappa shape index (κ2) is 10.5. The summed E-state index contributed by atoms with van der Waals surface area (Å²) < 4.78 is 0. The van der Waals surface area contributed by atoms with Crippen molar-refractivity contribution in [3.8, 4) is 0 Å². The van der Waals surface area contributed by atoms with Crippen LogP contribution in [0.4, 0.5) is 5.69 Å². The number of nitrogens with one attached hydrogen (secondary N) is 2. The van der Waals surface area contributed by atoms with E-state index in [1.165, 1.54) is 5.56 Å². The molecule has 0 radical (unpaired) electrons. The van der Waals surface area contributed by atoms with E-state index in [4.69, 9.17) is 0 Å². The van der Waals surface area contributed by atoms with Crippen LogP contribution in [0.15, 0.2) is 84.9 Å². The lowest BCUT2D eigenvalue weighted by molar-refractivity contribution is -0.115. The quantitative estimate of drug-likeness (QED) is 0.563. The fraction of sp³-hybridized carbons (Fsp3) is 0.167. The summed E-state index contributed by atoms with van der Waals surface area (Å²) in [5.41, 5.74) is 3.18. The van der Waals surface area contributed by atoms with E-state index in [1.54, 1.807) is 30.0 Å². The van der Waals surface area contributed by atoms with Gasteiger partial charge in [-0.2, -0.15) is 0 Å². The third kappa shape index (κ3) is 6.22. The number of hydrogen-bond donors (Lipinski definition) is 2. The first-order valence-electron chi connectivity index (χ1n) is 9.51. The van der Waals surface area contributed by atoms with Gasteiger partial charge in [0.05, 0.1) is 16.5 Å². The average molecular weight is 405 g/mol. The lowest BCUT2D eigenvalue weighted by Gasteiger charge is -2.15. The summed E-state index contributed by atoms with van der Waals surface area (Å²) in [4.78, 5) is 25.3. The van der Waals surface area contributed by atoms with Crippen LogP contribution in [0.25, 0.3) is 0 Å². The molecule has 2 amide bonds. The Kier molecular flexibility index (Phi) is 7.47. The molecule has 0 aliphatic carbocycles. The van der Waals surface area contributed by atoms with Gasteiger partial charge in [0.1, 0.15) is 0 Å². The van der Waals surface area contributed by atoms with Crippen LogP contribution in [-0.2, 0) is 17.1 Å². The second-order valence-corrected chi connectivity index (χ2v) is 7.97. The van der Waals surface area contributed by atoms with Crippen molar-refractivity contribution in [2.75, 3.05) is 5.32 Å². The standard InChI is InChI=1S/C24H24N2O2S/c1-18(29-17-20-12-6-3-7-13-20)23(27)26-22-15-9-8-14-21(22)24(28)25-16-19-10-4-2-5-11-19/h2-15,18H,16-17H2,1H3,(H,25,28)(H,26,27). The minimum absolute atomic E-state index is 0.116. The van der Waals surface area contributed by atoms with Crippen LogP contribution >= 0.6 is 11.8 Å². The fourth-order valence-corrected chi connectivity index (χ4v) is 3.61. The minimum atomic E-state index is -0.240. The molecule has 4 nitrogen and oxygen atoms in total. The van der Waals surface area contributed by atoms with Crippen molar-refractivity contribution in [2.45, 2.75) is 24.5 Å². The molecule has 3 rings (SSSR count). The third-order valence-electron chi connectivity index (χ3n) is 4.44. The van der Waals surface area contributed by atoms with Crippen LogP contribution in [0.2, 0.25) is 0 Å². The zero-order valence-corrected chi connectivity index (χ0v) is 17.1. The number of rotatable bonds is 8. The lowest BCUT2D eigenvalue weighted by Crippen LogP contribution is -2.27. The van der Waals surface area contributed by atoms with Gasteiger partial charge in [-0.15, -0.1) is 11.8 Å². The Balaban J connectivity index is 1.59. The van der Waals surface area contributed by atoms with Crippen LogP contribution in [0.3, 0.4) is 0 Å². The Morgan fingerprint density at radius 2 is 1.41 bits per heavy atom. The van der Waals surface area contributed by atoms with E-state index >= 15 is 0 Å². The van der Waals surface area contributed by atoms with Gasteiger partial charge in [0.15, 0.2) is 0 Å². The van der Waals surface area contributed by atoms with Crippen molar-refractivity contribution in [3.05, 3.63) is 102 Å². The highest BCUT2D eigenvalue weighted by atomic mass is 32.2. The first-order valence-corrected chi connectivity index (χ1v) is 10.6. The SMILES string of the molecule is CC(SCc1ccccc1)C(=O)Nc1ccccc1C(=O)NCc1ccccc1. The molecule has 29 heavy (non-hydrogen) atoms. The van der Waals surface area contributed by atoms with E-state index < -0.39 is 0 Å². The Bertz CT molecular complexity index is 945. The van der Waals surface area contributed by atoms with Gasteiger partial charge in [-0.25, -0.2) is 0 Å². The maximum atomic E-state index is 12.6. The maximum absolute atomic E-state index is 12.6. The van der Waals surface area contributed by atoms with Gasteiger partial charge in [-0.3, -0.25) is 9.59 Å². The third-order valence-corrected chi connectivity index (χ3v) is 5.65. The smallest absolute Gasteiger partial charge is 0.253 e. The molecule has 0 bridgehead atoms. The van der Waals surface area contributed by atoms with Gasteiger partial charge in [0.2, 0.25) is 5.91 Å². The van der Waals surface area contributed by atoms with Crippen LogP contribution in [0.5, 0.6) is 0 Å². The number of benzene rings is 3. The van der Waals surface area contributed by atoms with Crippen molar-refractivity contribution in [1.82, 2.24) is 5.32 Å². The Hall–Kier alpha value is -3.05. The molecule has 0 aromatic heterocycles. The zero-order valence-electron chi connectivity index (χ0n) is 16.3. The highest BCUT2D eigenvalue weighted by Crippen LogP contribution is 2.21. The van der Waals surface area contributed by atoms with Crippen molar-refractivity contribution in [1.29, 1.82) is 0 Å². The molecule has 0 heterocycles. The molecule has 0 aliphatic rings. The number of anilines is 1. The van der Waals surface area contributed by atoms with Crippen LogP contribution in [0, 0.1) is 0 Å². The first-order chi connectivity index (χ1) is 14.1. The van der Waals surface area contributed by atoms with E-state index in [1.807, 2.05) is 73.7 Å². The van der Waals surface area contributed by atoms with E-state index in [-0.39, 0.29) is 17.1 Å². The molecule has 0 spiro atoms. The van der Waals surface area contributed by atoms with Crippen molar-refractivity contribution < 1.29 is 9.59 Å². The molecule has 3 aromatic carbocycles. The first kappa shape index (κ1) is 20.7. The van der Waals surface area contributed by atoms with Gasteiger partial charge in [-0.05, 0) is 30.2 Å². The predicted molar refractivity (Wildman–Crippen MR) is 120 cm³/mol. The highest BCUT2D eigenvalue weighted by Gasteiger charge is 2.17. The Labute approximate surface area is 175 Å². The Morgan fingerprint density at radius 3 is 2.10 bits per heavy atom. The summed E-state index contributed by atoms with van der Waals surface area (Å²) >= 11 is 1.57. The normalized spacial score (nSPS) is 11.5. The van der Waals surface area contributed by atoms with Crippen molar-refractivity contribution in [2.24, 2.45) is 0 Å². The number of para-hydroxylation sites is 1. The summed E-state index contributed by atoms with van der Waals surface area (Å²) in [6.45, 7) is 2.31. The molecule has 0 fully saturated rings. The summed E-state index contributed by atoms with van der Waals surface area (Å²) in [7, 11) is 0. The van der Waals surface area contributed by atoms with Crippen LogP contribution in [0.1, 0.15) is 28.4 Å². The molecule has 2 N–H and O–H groups in total. The molecule has 148 valence electrons. The van der Waals surface area contributed by atoms with E-state index in [0.717, 1.165) is 11.3 Å². The van der Waals surface area contributed by atoms with Gasteiger partial charge < -0.3 is 10.6 Å². The Morgan fingerprint density at radius 1 is 0.828 bits per heavy atom. The van der Waals surface area contributed by atoms with Gasteiger partial charge in [-0.1, -0.05) is 72.8 Å². The average Bonchev–Trinajstić information content (AvgIpc) is 2.77. The van der Waals surface area contributed by atoms with Gasteiger partial charge >= 0.3 is 0 Å². The lowest BCUT2D eigenvalue weighted by atomic mass is 10.1. The minimum Gasteiger partial charge on any atom is -0.348 e. The van der Waals surface area contributed by atoms with Crippen molar-refractivity contribution >= 4 is 29.3 Å². The second-order valence-electron chi connectivity index (χ2n) is 6.64. The summed E-state index contributed by atoms with van der Waals surface area (Å²) in [5.74, 6) is 0.429. The summed E-state index contributed by atoms with van der Waals surface area (Å²) in [5, 5.41) is 5.57. The van der Waals surface area contributed by atoms with Crippen LogP contribution in [-0.4, -0.2) is 17.1 Å². The number of carbonyl (C=O) groups excluding carboxylic acids is 2. The molecular formula is C24H24N2O2S. The maximum Gasteiger partial charge on any atom is 0.253 e. The summed E-state index contributed by atoms with van der Waals surface area (Å²) in [6, 6.07) is 26.8. The molecule has 0 aliphatic heterocycles. The molecule has 0 saturated heterocycles. The zero-order chi connectivity index (χ0) is 20.5. The fourth-order valence-electron chi connectivity index (χ4n) is 2.77. The molecular weight excluding hydrogens is 380 g/mol. The number of hydrogen-bond acceptors (Lipinski definition) is 3. The molecule has 3 aromatic rings. The van der Waals surface area contributed by atoms with E-state index in [0.29, 0.717) is 17.8 Å². The largest absolute Gasteiger partial charge is 0.348 e. The number of thioether (sulfide) groups is 1. The number of amides is 2. The monoisotopic (exact) mass is 404 g/mol. The molecule has 1 atom stereocenters. The highest BCUT2D eigenvalue weighted by molar-refractivity contribution is 7.99. The van der Waals surface area contributed by atoms with Gasteiger partial charge in [0.25, 0.3) is 5.91 Å². The van der Waals surface area contributed by atoms with E-state index in [9.17, 15) is 9.59 Å².